The van der Waals surface area contributed by atoms with E-state index in [4.69, 9.17) is 0 Å². The van der Waals surface area contributed by atoms with E-state index in [1.807, 2.05) is 6.20 Å². The molecule has 0 aliphatic heterocycles. The van der Waals surface area contributed by atoms with Crippen LogP contribution in [0.1, 0.15) is 12.0 Å². The van der Waals surface area contributed by atoms with Gasteiger partial charge in [0.2, 0.25) is 5.91 Å². The summed E-state index contributed by atoms with van der Waals surface area (Å²) in [4.78, 5) is 11.2. The van der Waals surface area contributed by atoms with Gasteiger partial charge < -0.3 is 9.88 Å². The van der Waals surface area contributed by atoms with Crippen molar-refractivity contribution in [2.24, 2.45) is 0 Å². The molecular formula is C13H16N2O. The molecule has 0 unspecified atom stereocenters. The molecule has 0 radical (unpaired) electrons. The normalized spacial score (nSPS) is 10.6. The summed E-state index contributed by atoms with van der Waals surface area (Å²) in [5.74, 6) is 0.0777. The molecule has 84 valence electrons. The second-order valence-electron chi connectivity index (χ2n) is 3.99. The molecule has 0 atom stereocenters. The number of aryl methyl sites for hydroxylation is 2. The molecule has 1 aromatic carbocycles. The fourth-order valence-corrected chi connectivity index (χ4v) is 1.86. The lowest BCUT2D eigenvalue weighted by molar-refractivity contribution is -0.120. The zero-order chi connectivity index (χ0) is 11.5. The highest BCUT2D eigenvalue weighted by Crippen LogP contribution is 2.17. The number of benzene rings is 1. The summed E-state index contributed by atoms with van der Waals surface area (Å²) < 4.78 is 2.12. The van der Waals surface area contributed by atoms with E-state index in [1.54, 1.807) is 7.05 Å². The van der Waals surface area contributed by atoms with Crippen molar-refractivity contribution in [3.05, 3.63) is 36.0 Å². The van der Waals surface area contributed by atoms with E-state index in [2.05, 4.69) is 41.1 Å². The maximum Gasteiger partial charge on any atom is 0.221 e. The minimum atomic E-state index is 0.0777. The van der Waals surface area contributed by atoms with Crippen LogP contribution in [0.5, 0.6) is 0 Å². The zero-order valence-corrected chi connectivity index (χ0v) is 9.66. The number of carbonyl (C=O) groups is 1. The topological polar surface area (TPSA) is 34.0 Å². The van der Waals surface area contributed by atoms with Gasteiger partial charge in [-0.25, -0.2) is 0 Å². The Morgan fingerprint density at radius 1 is 1.38 bits per heavy atom. The number of carbonyl (C=O) groups excluding carboxylic acids is 1. The third-order valence-electron chi connectivity index (χ3n) is 2.79. The van der Waals surface area contributed by atoms with Crippen molar-refractivity contribution in [1.29, 1.82) is 0 Å². The van der Waals surface area contributed by atoms with Crippen molar-refractivity contribution in [1.82, 2.24) is 9.88 Å². The van der Waals surface area contributed by atoms with Crippen LogP contribution in [-0.2, 0) is 11.3 Å². The monoisotopic (exact) mass is 216 g/mol. The van der Waals surface area contributed by atoms with Crippen LogP contribution in [0.4, 0.5) is 0 Å². The number of nitrogens with one attached hydrogen (secondary N) is 1. The number of hydrogen-bond donors (Lipinski definition) is 1. The third kappa shape index (κ3) is 2.08. The molecule has 0 bridgehead atoms. The summed E-state index contributed by atoms with van der Waals surface area (Å²) in [6.45, 7) is 2.81. The van der Waals surface area contributed by atoms with Crippen LogP contribution in [-0.4, -0.2) is 17.5 Å². The van der Waals surface area contributed by atoms with E-state index in [9.17, 15) is 4.79 Å². The maximum atomic E-state index is 11.2. The average molecular weight is 216 g/mol. The van der Waals surface area contributed by atoms with Crippen molar-refractivity contribution >= 4 is 16.8 Å². The first-order chi connectivity index (χ1) is 7.70. The molecule has 2 aromatic rings. The first-order valence-electron chi connectivity index (χ1n) is 5.47. The fraction of sp³-hybridized carbons (Fsp3) is 0.308. The summed E-state index contributed by atoms with van der Waals surface area (Å²) in [7, 11) is 1.67. The molecule has 0 aliphatic carbocycles. The van der Waals surface area contributed by atoms with Gasteiger partial charge in [0.1, 0.15) is 0 Å². The molecule has 1 N–H and O–H groups in total. The van der Waals surface area contributed by atoms with Gasteiger partial charge in [-0.1, -0.05) is 11.6 Å². The Morgan fingerprint density at radius 2 is 2.19 bits per heavy atom. The quantitative estimate of drug-likeness (QED) is 0.837. The van der Waals surface area contributed by atoms with Crippen LogP contribution in [0.2, 0.25) is 0 Å². The van der Waals surface area contributed by atoms with Crippen LogP contribution >= 0.6 is 0 Å². The summed E-state index contributed by atoms with van der Waals surface area (Å²) in [6, 6.07) is 8.45. The number of rotatable bonds is 3. The predicted molar refractivity (Wildman–Crippen MR) is 65.4 cm³/mol. The molecule has 3 nitrogen and oxygen atoms in total. The number of nitrogens with zero attached hydrogens (tertiary/aromatic N) is 1. The second-order valence-corrected chi connectivity index (χ2v) is 3.99. The van der Waals surface area contributed by atoms with Crippen LogP contribution in [0, 0.1) is 6.92 Å². The largest absolute Gasteiger partial charge is 0.359 e. The first kappa shape index (κ1) is 10.7. The fourth-order valence-electron chi connectivity index (χ4n) is 1.86. The molecule has 0 spiro atoms. The maximum absolute atomic E-state index is 11.2. The van der Waals surface area contributed by atoms with Gasteiger partial charge in [-0.3, -0.25) is 4.79 Å². The molecule has 16 heavy (non-hydrogen) atoms. The highest BCUT2D eigenvalue weighted by atomic mass is 16.1. The smallest absolute Gasteiger partial charge is 0.221 e. The van der Waals surface area contributed by atoms with Gasteiger partial charge in [-0.15, -0.1) is 0 Å². The number of amides is 1. The molecule has 0 saturated carbocycles. The van der Waals surface area contributed by atoms with Crippen molar-refractivity contribution in [3.63, 3.8) is 0 Å². The highest BCUT2D eigenvalue weighted by molar-refractivity contribution is 5.81. The van der Waals surface area contributed by atoms with E-state index in [-0.39, 0.29) is 5.91 Å². The van der Waals surface area contributed by atoms with Gasteiger partial charge >= 0.3 is 0 Å². The number of hydrogen-bond acceptors (Lipinski definition) is 1. The lowest BCUT2D eigenvalue weighted by Crippen LogP contribution is -2.19. The Kier molecular flexibility index (Phi) is 2.95. The van der Waals surface area contributed by atoms with Gasteiger partial charge in [-0.05, 0) is 30.5 Å². The second kappa shape index (κ2) is 4.39. The van der Waals surface area contributed by atoms with Gasteiger partial charge in [-0.2, -0.15) is 0 Å². The van der Waals surface area contributed by atoms with E-state index >= 15 is 0 Å². The van der Waals surface area contributed by atoms with Crippen molar-refractivity contribution in [3.8, 4) is 0 Å². The lowest BCUT2D eigenvalue weighted by Gasteiger charge is -2.04. The van der Waals surface area contributed by atoms with E-state index in [0.717, 1.165) is 6.54 Å². The predicted octanol–water partition coefficient (Wildman–Crippen LogP) is 2.09. The van der Waals surface area contributed by atoms with E-state index < -0.39 is 0 Å². The van der Waals surface area contributed by atoms with Crippen LogP contribution in [0.15, 0.2) is 30.5 Å². The van der Waals surface area contributed by atoms with Gasteiger partial charge in [0.15, 0.2) is 0 Å². The molecule has 1 aromatic heterocycles. The minimum absolute atomic E-state index is 0.0777. The third-order valence-corrected chi connectivity index (χ3v) is 2.79. The molecule has 1 heterocycles. The Bertz CT molecular complexity index is 514. The number of aromatic nitrogens is 1. The Morgan fingerprint density at radius 3 is 2.94 bits per heavy atom. The van der Waals surface area contributed by atoms with Crippen LogP contribution in [0.3, 0.4) is 0 Å². The van der Waals surface area contributed by atoms with Crippen LogP contribution < -0.4 is 5.32 Å². The molecule has 2 rings (SSSR count). The summed E-state index contributed by atoms with van der Waals surface area (Å²) >= 11 is 0. The van der Waals surface area contributed by atoms with Gasteiger partial charge in [0.25, 0.3) is 0 Å². The molecule has 0 fully saturated rings. The van der Waals surface area contributed by atoms with Crippen molar-refractivity contribution in [2.75, 3.05) is 7.05 Å². The standard InChI is InChI=1S/C13H16N2O/c1-10-3-4-12-11(9-10)5-7-15(12)8-6-13(16)14-2/h3-5,7,9H,6,8H2,1-2H3,(H,14,16). The molecule has 0 saturated heterocycles. The van der Waals surface area contributed by atoms with Crippen LogP contribution in [0.25, 0.3) is 10.9 Å². The summed E-state index contributed by atoms with van der Waals surface area (Å²) in [5.41, 5.74) is 2.45. The van der Waals surface area contributed by atoms with E-state index in [1.165, 1.54) is 16.5 Å². The first-order valence-corrected chi connectivity index (χ1v) is 5.47. The summed E-state index contributed by atoms with van der Waals surface area (Å²) in [5, 5.41) is 3.87. The lowest BCUT2D eigenvalue weighted by atomic mass is 10.2. The Hall–Kier alpha value is -1.77. The SMILES string of the molecule is CNC(=O)CCn1ccc2cc(C)ccc21. The van der Waals surface area contributed by atoms with Crippen molar-refractivity contribution < 1.29 is 4.79 Å². The van der Waals surface area contributed by atoms with E-state index in [0.29, 0.717) is 6.42 Å². The van der Waals surface area contributed by atoms with Gasteiger partial charge in [0, 0.05) is 31.7 Å². The Balaban J connectivity index is 2.22. The summed E-state index contributed by atoms with van der Waals surface area (Å²) in [6.07, 6.45) is 2.56. The Labute approximate surface area is 95.1 Å². The molecule has 1 amide bonds. The van der Waals surface area contributed by atoms with Crippen molar-refractivity contribution in [2.45, 2.75) is 19.9 Å². The highest BCUT2D eigenvalue weighted by Gasteiger charge is 2.03. The zero-order valence-electron chi connectivity index (χ0n) is 9.66. The molecular weight excluding hydrogens is 200 g/mol. The van der Waals surface area contributed by atoms with Gasteiger partial charge in [0.05, 0.1) is 0 Å². The molecule has 0 aliphatic rings. The average Bonchev–Trinajstić information content (AvgIpc) is 2.68. The number of fused-ring (bicyclic) bond motifs is 1. The minimum Gasteiger partial charge on any atom is -0.359 e. The molecule has 3 heteroatoms.